The van der Waals surface area contributed by atoms with Crippen LogP contribution in [0.25, 0.3) is 0 Å². The lowest BCUT2D eigenvalue weighted by Crippen LogP contribution is -2.25. The summed E-state index contributed by atoms with van der Waals surface area (Å²) in [5.41, 5.74) is 5.80. The molecule has 1 saturated heterocycles. The summed E-state index contributed by atoms with van der Waals surface area (Å²) >= 11 is 1.53. The highest BCUT2D eigenvalue weighted by molar-refractivity contribution is 7.17. The van der Waals surface area contributed by atoms with Gasteiger partial charge in [-0.15, -0.1) is 11.3 Å². The number of anilines is 1. The molecule has 1 atom stereocenters. The molecule has 0 bridgehead atoms. The summed E-state index contributed by atoms with van der Waals surface area (Å²) in [6, 6.07) is 4.14. The summed E-state index contributed by atoms with van der Waals surface area (Å²) in [5, 5.41) is 1.16. The van der Waals surface area contributed by atoms with Gasteiger partial charge in [-0.05, 0) is 18.6 Å². The lowest BCUT2D eigenvalue weighted by atomic mass is 10.3. The van der Waals surface area contributed by atoms with E-state index in [0.717, 1.165) is 35.7 Å². The maximum atomic E-state index is 10.5. The molecule has 1 fully saturated rings. The number of rotatable bonds is 2. The van der Waals surface area contributed by atoms with Crippen molar-refractivity contribution >= 4 is 22.6 Å². The second-order valence-corrected chi connectivity index (χ2v) is 4.38. The minimum Gasteiger partial charge on any atom is -0.362 e. The predicted octanol–water partition coefficient (Wildman–Crippen LogP) is 1.10. The van der Waals surface area contributed by atoms with Gasteiger partial charge in [-0.1, -0.05) is 0 Å². The molecule has 4 heteroatoms. The van der Waals surface area contributed by atoms with Gasteiger partial charge in [-0.25, -0.2) is 0 Å². The number of aldehydes is 1. The summed E-state index contributed by atoms with van der Waals surface area (Å²) in [6.07, 6.45) is 1.94. The summed E-state index contributed by atoms with van der Waals surface area (Å²) in [4.78, 5) is 13.5. The van der Waals surface area contributed by atoms with E-state index in [1.54, 1.807) is 0 Å². The number of carbonyl (C=O) groups is 1. The van der Waals surface area contributed by atoms with Crippen LogP contribution in [0.15, 0.2) is 12.1 Å². The van der Waals surface area contributed by atoms with Crippen molar-refractivity contribution in [1.29, 1.82) is 0 Å². The average Bonchev–Trinajstić information content (AvgIpc) is 2.71. The van der Waals surface area contributed by atoms with Gasteiger partial charge >= 0.3 is 0 Å². The molecule has 1 aromatic heterocycles. The second-order valence-electron chi connectivity index (χ2n) is 3.29. The average molecular weight is 196 g/mol. The fourth-order valence-electron chi connectivity index (χ4n) is 1.56. The smallest absolute Gasteiger partial charge is 0.160 e. The normalized spacial score (nSPS) is 22.2. The SMILES string of the molecule is NC1CCN(c2ccc(C=O)s2)C1. The van der Waals surface area contributed by atoms with Crippen molar-refractivity contribution in [3.8, 4) is 0 Å². The van der Waals surface area contributed by atoms with Crippen LogP contribution in [0.2, 0.25) is 0 Å². The van der Waals surface area contributed by atoms with E-state index in [4.69, 9.17) is 5.73 Å². The van der Waals surface area contributed by atoms with Crippen molar-refractivity contribution in [3.05, 3.63) is 17.0 Å². The first-order chi connectivity index (χ1) is 6.29. The molecule has 2 rings (SSSR count). The summed E-state index contributed by atoms with van der Waals surface area (Å²) in [5.74, 6) is 0. The third kappa shape index (κ3) is 1.73. The molecule has 2 N–H and O–H groups in total. The maximum Gasteiger partial charge on any atom is 0.160 e. The van der Waals surface area contributed by atoms with E-state index in [1.807, 2.05) is 12.1 Å². The van der Waals surface area contributed by atoms with Gasteiger partial charge in [0.15, 0.2) is 6.29 Å². The highest BCUT2D eigenvalue weighted by Gasteiger charge is 2.20. The summed E-state index contributed by atoms with van der Waals surface area (Å²) in [6.45, 7) is 1.93. The van der Waals surface area contributed by atoms with Crippen LogP contribution in [0, 0.1) is 0 Å². The summed E-state index contributed by atoms with van der Waals surface area (Å²) in [7, 11) is 0. The fraction of sp³-hybridized carbons (Fsp3) is 0.444. The molecule has 1 unspecified atom stereocenters. The molecule has 70 valence electrons. The van der Waals surface area contributed by atoms with Gasteiger partial charge in [0.05, 0.1) is 9.88 Å². The first-order valence-corrected chi connectivity index (χ1v) is 5.17. The Morgan fingerprint density at radius 2 is 2.46 bits per heavy atom. The fourth-order valence-corrected chi connectivity index (χ4v) is 2.42. The Bertz CT molecular complexity index is 310. The molecule has 1 aliphatic heterocycles. The number of nitrogens with zero attached hydrogens (tertiary/aromatic N) is 1. The van der Waals surface area contributed by atoms with Crippen molar-refractivity contribution in [2.75, 3.05) is 18.0 Å². The van der Waals surface area contributed by atoms with E-state index < -0.39 is 0 Å². The number of carbonyl (C=O) groups excluding carboxylic acids is 1. The Kier molecular flexibility index (Phi) is 2.33. The molecule has 0 radical (unpaired) electrons. The lowest BCUT2D eigenvalue weighted by molar-refractivity contribution is 0.112. The van der Waals surface area contributed by atoms with Crippen molar-refractivity contribution in [2.24, 2.45) is 5.73 Å². The van der Waals surface area contributed by atoms with Gasteiger partial charge in [0.1, 0.15) is 0 Å². The van der Waals surface area contributed by atoms with Gasteiger partial charge in [-0.2, -0.15) is 0 Å². The Labute approximate surface area is 81.2 Å². The van der Waals surface area contributed by atoms with Crippen LogP contribution in [0.5, 0.6) is 0 Å². The molecule has 1 aliphatic rings. The monoisotopic (exact) mass is 196 g/mol. The topological polar surface area (TPSA) is 46.3 Å². The minimum atomic E-state index is 0.293. The molecule has 0 spiro atoms. The number of hydrogen-bond acceptors (Lipinski definition) is 4. The molecule has 0 aromatic carbocycles. The molecule has 13 heavy (non-hydrogen) atoms. The molecule has 0 aliphatic carbocycles. The Balaban J connectivity index is 2.12. The molecule has 1 aromatic rings. The van der Waals surface area contributed by atoms with E-state index in [0.29, 0.717) is 6.04 Å². The third-order valence-electron chi connectivity index (χ3n) is 2.27. The zero-order valence-corrected chi connectivity index (χ0v) is 8.09. The van der Waals surface area contributed by atoms with E-state index in [2.05, 4.69) is 4.90 Å². The van der Waals surface area contributed by atoms with Crippen molar-refractivity contribution in [1.82, 2.24) is 0 Å². The van der Waals surface area contributed by atoms with Gasteiger partial charge in [0.25, 0.3) is 0 Å². The van der Waals surface area contributed by atoms with E-state index >= 15 is 0 Å². The van der Waals surface area contributed by atoms with E-state index in [-0.39, 0.29) is 0 Å². The van der Waals surface area contributed by atoms with Crippen LogP contribution in [-0.2, 0) is 0 Å². The lowest BCUT2D eigenvalue weighted by Gasteiger charge is -2.14. The first-order valence-electron chi connectivity index (χ1n) is 4.35. The van der Waals surface area contributed by atoms with Crippen molar-refractivity contribution in [3.63, 3.8) is 0 Å². The highest BCUT2D eigenvalue weighted by atomic mass is 32.1. The van der Waals surface area contributed by atoms with Gasteiger partial charge in [-0.3, -0.25) is 4.79 Å². The molecule has 0 saturated carbocycles. The number of thiophene rings is 1. The molecular formula is C9H12N2OS. The maximum absolute atomic E-state index is 10.5. The van der Waals surface area contributed by atoms with E-state index in [1.165, 1.54) is 11.3 Å². The van der Waals surface area contributed by atoms with E-state index in [9.17, 15) is 4.79 Å². The number of hydrogen-bond donors (Lipinski definition) is 1. The van der Waals surface area contributed by atoms with Gasteiger partial charge in [0.2, 0.25) is 0 Å². The molecule has 2 heterocycles. The van der Waals surface area contributed by atoms with Crippen LogP contribution in [0.1, 0.15) is 16.1 Å². The molecule has 0 amide bonds. The van der Waals surface area contributed by atoms with Crippen LogP contribution < -0.4 is 10.6 Å². The Hall–Kier alpha value is -0.870. The van der Waals surface area contributed by atoms with Gasteiger partial charge in [0, 0.05) is 19.1 Å². The second kappa shape index (κ2) is 3.47. The minimum absolute atomic E-state index is 0.293. The van der Waals surface area contributed by atoms with Crippen LogP contribution in [0.3, 0.4) is 0 Å². The van der Waals surface area contributed by atoms with Gasteiger partial charge < -0.3 is 10.6 Å². The van der Waals surface area contributed by atoms with Crippen molar-refractivity contribution in [2.45, 2.75) is 12.5 Å². The summed E-state index contributed by atoms with van der Waals surface area (Å²) < 4.78 is 0. The zero-order valence-electron chi connectivity index (χ0n) is 7.27. The van der Waals surface area contributed by atoms with Crippen LogP contribution in [-0.4, -0.2) is 25.4 Å². The zero-order chi connectivity index (χ0) is 9.26. The third-order valence-corrected chi connectivity index (χ3v) is 3.34. The first kappa shape index (κ1) is 8.72. The predicted molar refractivity (Wildman–Crippen MR) is 54.5 cm³/mol. The quantitative estimate of drug-likeness (QED) is 0.720. The van der Waals surface area contributed by atoms with Crippen molar-refractivity contribution < 1.29 is 4.79 Å². The van der Waals surface area contributed by atoms with Crippen LogP contribution >= 0.6 is 11.3 Å². The Morgan fingerprint density at radius 3 is 3.00 bits per heavy atom. The highest BCUT2D eigenvalue weighted by Crippen LogP contribution is 2.27. The Morgan fingerprint density at radius 1 is 1.62 bits per heavy atom. The molecule has 3 nitrogen and oxygen atoms in total. The largest absolute Gasteiger partial charge is 0.362 e. The molecular weight excluding hydrogens is 184 g/mol. The standard InChI is InChI=1S/C9H12N2OS/c10-7-3-4-11(5-7)9-2-1-8(6-12)13-9/h1-2,6-7H,3-5,10H2. The number of nitrogens with two attached hydrogens (primary N) is 1. The van der Waals surface area contributed by atoms with Crippen LogP contribution in [0.4, 0.5) is 5.00 Å².